The van der Waals surface area contributed by atoms with Crippen molar-refractivity contribution in [2.45, 2.75) is 39.7 Å². The van der Waals surface area contributed by atoms with Crippen molar-refractivity contribution < 1.29 is 14.3 Å². The van der Waals surface area contributed by atoms with Crippen LogP contribution in [0.4, 0.5) is 0 Å². The van der Waals surface area contributed by atoms with Crippen LogP contribution in [0.2, 0.25) is 0 Å². The van der Waals surface area contributed by atoms with E-state index in [0.717, 1.165) is 8.95 Å². The number of hydrogen-bond donors (Lipinski definition) is 0. The van der Waals surface area contributed by atoms with Gasteiger partial charge >= 0.3 is 5.97 Å². The van der Waals surface area contributed by atoms with Gasteiger partial charge in [-0.1, -0.05) is 45.7 Å². The molecule has 0 spiro atoms. The highest BCUT2D eigenvalue weighted by Crippen LogP contribution is 2.24. The number of fused-ring (bicyclic) bond motifs is 1. The van der Waals surface area contributed by atoms with E-state index in [0.29, 0.717) is 28.0 Å². The second-order valence-electron chi connectivity index (χ2n) is 7.34. The molecule has 1 heterocycles. The van der Waals surface area contributed by atoms with Crippen LogP contribution in [0, 0.1) is 0 Å². The summed E-state index contributed by atoms with van der Waals surface area (Å²) in [4.78, 5) is 29.8. The van der Waals surface area contributed by atoms with Gasteiger partial charge in [-0.25, -0.2) is 9.78 Å². The Bertz CT molecular complexity index is 1240. The largest absolute Gasteiger partial charge is 0.478 e. The number of nitrogens with zero attached hydrogens (tertiary/aromatic N) is 3. The summed E-state index contributed by atoms with van der Waals surface area (Å²) in [5, 5.41) is 4.91. The average molecular weight is 565 g/mol. The first-order valence-electron chi connectivity index (χ1n) is 10.1. The molecule has 1 atom stereocenters. The lowest BCUT2D eigenvalue weighted by Crippen LogP contribution is -2.26. The van der Waals surface area contributed by atoms with E-state index in [-0.39, 0.29) is 18.1 Å². The van der Waals surface area contributed by atoms with Crippen molar-refractivity contribution in [3.05, 3.63) is 67.1 Å². The fourth-order valence-corrected chi connectivity index (χ4v) is 3.74. The minimum atomic E-state index is -0.795. The molecule has 0 saturated carbocycles. The summed E-state index contributed by atoms with van der Waals surface area (Å²) in [7, 11) is 0. The molecule has 2 aromatic carbocycles. The summed E-state index contributed by atoms with van der Waals surface area (Å²) in [6.07, 6.45) is 0.730. The van der Waals surface area contributed by atoms with E-state index in [1.54, 1.807) is 44.2 Å². The van der Waals surface area contributed by atoms with E-state index >= 15 is 0 Å². The molecule has 0 amide bonds. The molecular weight excluding hydrogens is 542 g/mol. The molecule has 9 heteroatoms. The van der Waals surface area contributed by atoms with Gasteiger partial charge in [-0.2, -0.15) is 9.78 Å². The van der Waals surface area contributed by atoms with Gasteiger partial charge in [-0.05, 0) is 50.2 Å². The number of halogens is 2. The van der Waals surface area contributed by atoms with Crippen molar-refractivity contribution in [2.75, 3.05) is 6.61 Å². The third-order valence-electron chi connectivity index (χ3n) is 4.56. The molecular formula is C23H23Br2N3O4. The first kappa shape index (κ1) is 24.1. The molecule has 168 valence electrons. The lowest BCUT2D eigenvalue weighted by molar-refractivity contribution is -0.150. The Balaban J connectivity index is 2.06. The number of esters is 1. The number of rotatable bonds is 7. The maximum absolute atomic E-state index is 13.2. The molecule has 0 saturated heterocycles. The van der Waals surface area contributed by atoms with Crippen LogP contribution in [0.25, 0.3) is 10.9 Å². The van der Waals surface area contributed by atoms with E-state index in [4.69, 9.17) is 9.47 Å². The van der Waals surface area contributed by atoms with Gasteiger partial charge in [0, 0.05) is 20.4 Å². The highest BCUT2D eigenvalue weighted by molar-refractivity contribution is 9.10. The second-order valence-corrected chi connectivity index (χ2v) is 9.17. The zero-order chi connectivity index (χ0) is 23.4. The summed E-state index contributed by atoms with van der Waals surface area (Å²) in [6.45, 7) is 7.53. The van der Waals surface area contributed by atoms with Crippen LogP contribution in [-0.4, -0.2) is 34.6 Å². The van der Waals surface area contributed by atoms with E-state index in [2.05, 4.69) is 41.9 Å². The Morgan fingerprint density at radius 2 is 1.84 bits per heavy atom. The van der Waals surface area contributed by atoms with Gasteiger partial charge in [-0.15, -0.1) is 0 Å². The number of carbonyl (C=O) groups is 1. The lowest BCUT2D eigenvalue weighted by Gasteiger charge is -2.15. The Hall–Kier alpha value is -2.52. The Kier molecular flexibility index (Phi) is 7.84. The highest BCUT2D eigenvalue weighted by atomic mass is 79.9. The van der Waals surface area contributed by atoms with Crippen LogP contribution < -0.4 is 10.3 Å². The zero-order valence-corrected chi connectivity index (χ0v) is 21.3. The molecule has 7 nitrogen and oxygen atoms in total. The SMILES string of the molecule is CCOC(=O)[C@@H](C)Oc1ccc(Br)cc1C=Nn1c(C(C)C)nc2ccc(Br)cc2c1=O. The van der Waals surface area contributed by atoms with Gasteiger partial charge in [0.1, 0.15) is 11.6 Å². The number of benzene rings is 2. The Morgan fingerprint density at radius 3 is 2.53 bits per heavy atom. The molecule has 1 aromatic heterocycles. The Morgan fingerprint density at radius 1 is 1.16 bits per heavy atom. The standard InChI is InChI=1S/C23H23Br2N3O4/c1-5-31-23(30)14(4)32-20-9-7-16(24)10-15(20)12-26-28-21(13(2)3)27-19-8-6-17(25)11-18(19)22(28)29/h6-14H,5H2,1-4H3/t14-/m1/s1. The second kappa shape index (κ2) is 10.4. The number of carbonyl (C=O) groups excluding carboxylic acids is 1. The highest BCUT2D eigenvalue weighted by Gasteiger charge is 2.18. The summed E-state index contributed by atoms with van der Waals surface area (Å²) in [5.74, 6) is 0.488. The average Bonchev–Trinajstić information content (AvgIpc) is 2.75. The van der Waals surface area contributed by atoms with Crippen molar-refractivity contribution in [3.8, 4) is 5.75 Å². The minimum Gasteiger partial charge on any atom is -0.478 e. The van der Waals surface area contributed by atoms with Gasteiger partial charge < -0.3 is 9.47 Å². The molecule has 0 unspecified atom stereocenters. The molecule has 0 N–H and O–H groups in total. The van der Waals surface area contributed by atoms with Crippen molar-refractivity contribution in [2.24, 2.45) is 5.10 Å². The quantitative estimate of drug-likeness (QED) is 0.289. The molecule has 3 rings (SSSR count). The molecule has 32 heavy (non-hydrogen) atoms. The summed E-state index contributed by atoms with van der Waals surface area (Å²) in [6, 6.07) is 10.7. The van der Waals surface area contributed by atoms with Crippen molar-refractivity contribution in [3.63, 3.8) is 0 Å². The van der Waals surface area contributed by atoms with Gasteiger partial charge in [0.25, 0.3) is 5.56 Å². The van der Waals surface area contributed by atoms with Gasteiger partial charge in [0.2, 0.25) is 0 Å². The third-order valence-corrected chi connectivity index (χ3v) is 5.54. The minimum absolute atomic E-state index is 0.0324. The van der Waals surface area contributed by atoms with Crippen LogP contribution >= 0.6 is 31.9 Å². The Labute approximate surface area is 202 Å². The normalized spacial score (nSPS) is 12.5. The van der Waals surface area contributed by atoms with Crippen molar-refractivity contribution in [1.29, 1.82) is 0 Å². The van der Waals surface area contributed by atoms with Crippen molar-refractivity contribution >= 4 is 54.9 Å². The molecule has 0 aliphatic carbocycles. The predicted octanol–water partition coefficient (Wildman–Crippen LogP) is 5.26. The van der Waals surface area contributed by atoms with Gasteiger partial charge in [0.05, 0.1) is 23.7 Å². The van der Waals surface area contributed by atoms with E-state index in [9.17, 15) is 9.59 Å². The molecule has 0 aliphatic heterocycles. The maximum Gasteiger partial charge on any atom is 0.347 e. The monoisotopic (exact) mass is 563 g/mol. The molecule has 3 aromatic rings. The van der Waals surface area contributed by atoms with E-state index in [1.807, 2.05) is 19.9 Å². The van der Waals surface area contributed by atoms with Gasteiger partial charge in [0.15, 0.2) is 6.10 Å². The molecule has 0 aliphatic rings. The molecule has 0 radical (unpaired) electrons. The van der Waals surface area contributed by atoms with Crippen LogP contribution in [0.5, 0.6) is 5.75 Å². The van der Waals surface area contributed by atoms with Crippen LogP contribution in [0.3, 0.4) is 0 Å². The van der Waals surface area contributed by atoms with Crippen molar-refractivity contribution in [1.82, 2.24) is 9.66 Å². The smallest absolute Gasteiger partial charge is 0.347 e. The fraction of sp³-hybridized carbons (Fsp3) is 0.304. The summed E-state index contributed by atoms with van der Waals surface area (Å²) >= 11 is 6.84. The van der Waals surface area contributed by atoms with Crippen LogP contribution in [-0.2, 0) is 9.53 Å². The molecule has 0 bridgehead atoms. The topological polar surface area (TPSA) is 82.8 Å². The fourth-order valence-electron chi connectivity index (χ4n) is 3.00. The van der Waals surface area contributed by atoms with Crippen LogP contribution in [0.1, 0.15) is 45.0 Å². The number of hydrogen-bond acceptors (Lipinski definition) is 6. The number of ether oxygens (including phenoxy) is 2. The summed E-state index contributed by atoms with van der Waals surface area (Å²) < 4.78 is 13.7. The number of aromatic nitrogens is 2. The lowest BCUT2D eigenvalue weighted by atomic mass is 10.2. The predicted molar refractivity (Wildman–Crippen MR) is 132 cm³/mol. The zero-order valence-electron chi connectivity index (χ0n) is 18.1. The van der Waals surface area contributed by atoms with E-state index < -0.39 is 12.1 Å². The van der Waals surface area contributed by atoms with E-state index in [1.165, 1.54) is 10.9 Å². The summed E-state index contributed by atoms with van der Waals surface area (Å²) in [5.41, 5.74) is 0.933. The first-order chi connectivity index (χ1) is 15.2. The third kappa shape index (κ3) is 5.45. The molecule has 0 fully saturated rings. The van der Waals surface area contributed by atoms with Crippen LogP contribution in [0.15, 0.2) is 55.2 Å². The maximum atomic E-state index is 13.2. The first-order valence-corrected chi connectivity index (χ1v) is 11.7. The van der Waals surface area contributed by atoms with Gasteiger partial charge in [-0.3, -0.25) is 4.79 Å².